The zero-order chi connectivity index (χ0) is 23.2. The number of hydrogen-bond acceptors (Lipinski definition) is 7. The van der Waals surface area contributed by atoms with Gasteiger partial charge in [-0.05, 0) is 36.6 Å². The van der Waals surface area contributed by atoms with E-state index in [1.54, 1.807) is 11.1 Å². The predicted molar refractivity (Wildman–Crippen MR) is 133 cm³/mol. The molecule has 0 radical (unpaired) electrons. The maximum Gasteiger partial charge on any atom is 0.263 e. The lowest BCUT2D eigenvalue weighted by Gasteiger charge is -2.22. The van der Waals surface area contributed by atoms with E-state index in [0.717, 1.165) is 11.3 Å². The smallest absolute Gasteiger partial charge is 0.263 e. The minimum Gasteiger partial charge on any atom is -0.375 e. The van der Waals surface area contributed by atoms with Crippen LogP contribution >= 0.6 is 11.8 Å². The number of carbonyl (C=O) groups excluding carboxylic acids is 1. The molecule has 0 fully saturated rings. The highest BCUT2D eigenvalue weighted by Crippen LogP contribution is 2.27. The Kier molecular flexibility index (Phi) is 7.59. The minimum absolute atomic E-state index is 0.0839. The predicted octanol–water partition coefficient (Wildman–Crippen LogP) is 3.77. The maximum atomic E-state index is 13.4. The van der Waals surface area contributed by atoms with Crippen molar-refractivity contribution in [3.63, 3.8) is 0 Å². The Morgan fingerprint density at radius 2 is 1.97 bits per heavy atom. The molecule has 0 aliphatic carbocycles. The van der Waals surface area contributed by atoms with Gasteiger partial charge >= 0.3 is 0 Å². The molecular weight excluding hydrogens is 434 g/mol. The van der Waals surface area contributed by atoms with E-state index < -0.39 is 0 Å². The number of anilines is 2. The van der Waals surface area contributed by atoms with Gasteiger partial charge < -0.3 is 19.9 Å². The molecule has 1 aromatic heterocycles. The summed E-state index contributed by atoms with van der Waals surface area (Å²) in [7, 11) is 3.90. The Hall–Kier alpha value is -2.94. The van der Waals surface area contributed by atoms with Crippen LogP contribution in [0.5, 0.6) is 0 Å². The number of nitrogens with one attached hydrogen (secondary N) is 1. The molecule has 0 saturated carbocycles. The Labute approximate surface area is 199 Å². The highest BCUT2D eigenvalue weighted by Gasteiger charge is 2.28. The summed E-state index contributed by atoms with van der Waals surface area (Å²) in [6, 6.07) is 18.4. The molecule has 172 valence electrons. The van der Waals surface area contributed by atoms with E-state index in [1.165, 1.54) is 17.3 Å². The standard InChI is InChI=1S/C25H29N5O2S/c1-26-22(19-9-5-4-6-10-19)17-32-16-18-8-7-11-20(14-18)30-13-12-29(2)23-21(24(30)31)15-27-25(28-23)33-3/h4-11,14-15,22,26H,12-13,16-17H2,1-3H3. The topological polar surface area (TPSA) is 70.6 Å². The summed E-state index contributed by atoms with van der Waals surface area (Å²) in [6.45, 7) is 2.28. The number of amides is 1. The molecular formula is C25H29N5O2S. The van der Waals surface area contributed by atoms with Crippen LogP contribution in [0.3, 0.4) is 0 Å². The Balaban J connectivity index is 1.47. The average Bonchev–Trinajstić information content (AvgIpc) is 2.98. The Bertz CT molecular complexity index is 1100. The van der Waals surface area contributed by atoms with Gasteiger partial charge in [-0.25, -0.2) is 9.97 Å². The van der Waals surface area contributed by atoms with Crippen LogP contribution in [0.2, 0.25) is 0 Å². The summed E-state index contributed by atoms with van der Waals surface area (Å²) in [5, 5.41) is 3.97. The number of hydrogen-bond donors (Lipinski definition) is 1. The second-order valence-electron chi connectivity index (χ2n) is 7.91. The molecule has 0 spiro atoms. The molecule has 4 rings (SSSR count). The van der Waals surface area contributed by atoms with Gasteiger partial charge in [-0.2, -0.15) is 0 Å². The second-order valence-corrected chi connectivity index (χ2v) is 8.68. The van der Waals surface area contributed by atoms with Crippen LogP contribution in [0.4, 0.5) is 11.5 Å². The summed E-state index contributed by atoms with van der Waals surface area (Å²) >= 11 is 1.47. The number of fused-ring (bicyclic) bond motifs is 1. The number of ether oxygens (including phenoxy) is 1. The molecule has 33 heavy (non-hydrogen) atoms. The first-order valence-electron chi connectivity index (χ1n) is 10.9. The third-order valence-corrected chi connectivity index (χ3v) is 6.31. The molecule has 1 atom stereocenters. The lowest BCUT2D eigenvalue weighted by Crippen LogP contribution is -2.33. The van der Waals surface area contributed by atoms with Crippen molar-refractivity contribution in [3.05, 3.63) is 77.5 Å². The van der Waals surface area contributed by atoms with Crippen molar-refractivity contribution in [1.82, 2.24) is 15.3 Å². The van der Waals surface area contributed by atoms with Gasteiger partial charge in [0, 0.05) is 32.0 Å². The van der Waals surface area contributed by atoms with Crippen LogP contribution in [0, 0.1) is 0 Å². The van der Waals surface area contributed by atoms with Crippen molar-refractivity contribution in [2.24, 2.45) is 0 Å². The zero-order valence-corrected chi connectivity index (χ0v) is 20.0. The summed E-state index contributed by atoms with van der Waals surface area (Å²) in [6.07, 6.45) is 3.57. The van der Waals surface area contributed by atoms with Gasteiger partial charge in [0.15, 0.2) is 5.16 Å². The summed E-state index contributed by atoms with van der Waals surface area (Å²) in [5.41, 5.74) is 3.59. The van der Waals surface area contributed by atoms with Crippen molar-refractivity contribution in [2.45, 2.75) is 17.8 Å². The second kappa shape index (κ2) is 10.8. The third-order valence-electron chi connectivity index (χ3n) is 5.75. The molecule has 1 N–H and O–H groups in total. The number of benzene rings is 2. The number of thioether (sulfide) groups is 1. The van der Waals surface area contributed by atoms with Gasteiger partial charge in [-0.1, -0.05) is 54.2 Å². The van der Waals surface area contributed by atoms with Gasteiger partial charge in [-0.15, -0.1) is 0 Å². The third kappa shape index (κ3) is 5.35. The summed E-state index contributed by atoms with van der Waals surface area (Å²) in [5.74, 6) is 0.597. The lowest BCUT2D eigenvalue weighted by molar-refractivity contribution is 0.0986. The molecule has 2 heterocycles. The molecule has 0 saturated heterocycles. The molecule has 2 aromatic carbocycles. The number of rotatable bonds is 8. The SMILES string of the molecule is CNC(COCc1cccc(N2CCN(C)c3nc(SC)ncc3C2=O)c1)c1ccccc1. The molecule has 3 aromatic rings. The van der Waals surface area contributed by atoms with Crippen LogP contribution in [0.1, 0.15) is 27.5 Å². The fraction of sp³-hybridized carbons (Fsp3) is 0.320. The monoisotopic (exact) mass is 463 g/mol. The Morgan fingerprint density at radius 1 is 1.15 bits per heavy atom. The van der Waals surface area contributed by atoms with Crippen LogP contribution in [0.15, 0.2) is 66.0 Å². The van der Waals surface area contributed by atoms with Crippen LogP contribution in [0.25, 0.3) is 0 Å². The Morgan fingerprint density at radius 3 is 2.73 bits per heavy atom. The van der Waals surface area contributed by atoms with Gasteiger partial charge in [0.05, 0.1) is 19.3 Å². The maximum absolute atomic E-state index is 13.4. The normalized spacial score (nSPS) is 14.7. The molecule has 1 aliphatic heterocycles. The van der Waals surface area contributed by atoms with Crippen LogP contribution in [-0.4, -0.2) is 55.9 Å². The van der Waals surface area contributed by atoms with Crippen molar-refractivity contribution in [1.29, 1.82) is 0 Å². The van der Waals surface area contributed by atoms with E-state index in [1.807, 2.05) is 67.7 Å². The highest BCUT2D eigenvalue weighted by atomic mass is 32.2. The number of aromatic nitrogens is 2. The van der Waals surface area contributed by atoms with E-state index in [4.69, 9.17) is 4.74 Å². The van der Waals surface area contributed by atoms with E-state index >= 15 is 0 Å². The van der Waals surface area contributed by atoms with Gasteiger partial charge in [0.25, 0.3) is 5.91 Å². The largest absolute Gasteiger partial charge is 0.375 e. The highest BCUT2D eigenvalue weighted by molar-refractivity contribution is 7.98. The average molecular weight is 464 g/mol. The van der Waals surface area contributed by atoms with Crippen LogP contribution in [-0.2, 0) is 11.3 Å². The van der Waals surface area contributed by atoms with Crippen molar-refractivity contribution < 1.29 is 9.53 Å². The number of nitrogens with zero attached hydrogens (tertiary/aromatic N) is 4. The van der Waals surface area contributed by atoms with Crippen molar-refractivity contribution >= 4 is 29.2 Å². The summed E-state index contributed by atoms with van der Waals surface area (Å²) in [4.78, 5) is 26.1. The lowest BCUT2D eigenvalue weighted by atomic mass is 10.1. The van der Waals surface area contributed by atoms with Crippen molar-refractivity contribution in [2.75, 3.05) is 49.8 Å². The zero-order valence-electron chi connectivity index (χ0n) is 19.2. The van der Waals surface area contributed by atoms with Gasteiger partial charge in [0.2, 0.25) is 0 Å². The molecule has 7 nitrogen and oxygen atoms in total. The van der Waals surface area contributed by atoms with Crippen LogP contribution < -0.4 is 15.1 Å². The van der Waals surface area contributed by atoms with Gasteiger partial charge in [-0.3, -0.25) is 4.79 Å². The first-order valence-corrected chi connectivity index (χ1v) is 12.2. The number of carbonyl (C=O) groups is 1. The molecule has 1 amide bonds. The summed E-state index contributed by atoms with van der Waals surface area (Å²) < 4.78 is 6.02. The van der Waals surface area contributed by atoms with E-state index in [2.05, 4.69) is 27.4 Å². The van der Waals surface area contributed by atoms with E-state index in [0.29, 0.717) is 42.8 Å². The fourth-order valence-corrected chi connectivity index (χ4v) is 4.22. The quantitative estimate of drug-likeness (QED) is 0.403. The fourth-order valence-electron chi connectivity index (χ4n) is 3.89. The molecule has 1 unspecified atom stereocenters. The number of likely N-dealkylation sites (N-methyl/N-ethyl adjacent to an activating group) is 2. The molecule has 8 heteroatoms. The molecule has 0 bridgehead atoms. The first kappa shape index (κ1) is 23.2. The van der Waals surface area contributed by atoms with Gasteiger partial charge in [0.1, 0.15) is 11.4 Å². The van der Waals surface area contributed by atoms with Crippen molar-refractivity contribution in [3.8, 4) is 0 Å². The molecule has 1 aliphatic rings. The first-order chi connectivity index (χ1) is 16.1. The minimum atomic E-state index is -0.0839. The van der Waals surface area contributed by atoms with E-state index in [9.17, 15) is 4.79 Å². The van der Waals surface area contributed by atoms with E-state index in [-0.39, 0.29) is 11.9 Å².